The van der Waals surface area contributed by atoms with Gasteiger partial charge in [0, 0.05) is 25.7 Å². The molecular weight excluding hydrogens is 430 g/mol. The largest absolute Gasteiger partial charge is 0.377 e. The van der Waals surface area contributed by atoms with Gasteiger partial charge in [-0.1, -0.05) is 0 Å². The number of hydrogen-bond acceptors (Lipinski definition) is 8. The predicted octanol–water partition coefficient (Wildman–Crippen LogP) is -0.746. The molecule has 1 rings (SSSR count). The molecule has 30 heavy (non-hydrogen) atoms. The smallest absolute Gasteiger partial charge is 0.253 e. The van der Waals surface area contributed by atoms with Crippen molar-refractivity contribution in [2.75, 3.05) is 46.6 Å². The minimum Gasteiger partial charge on any atom is -0.377 e. The van der Waals surface area contributed by atoms with E-state index in [9.17, 15) is 9.59 Å². The highest BCUT2D eigenvalue weighted by atomic mass is 32.1. The number of imide groups is 1. The van der Waals surface area contributed by atoms with Crippen molar-refractivity contribution in [3.05, 3.63) is 12.2 Å². The van der Waals surface area contributed by atoms with Crippen LogP contribution in [0, 0.1) is 0 Å². The fraction of sp³-hybridized carbons (Fsp3) is 0.529. The molecule has 0 aromatic heterocycles. The number of carbonyl (C=O) groups excluding carboxylic acids is 2. The highest BCUT2D eigenvalue weighted by Gasteiger charge is 2.22. The molecule has 0 fully saturated rings. The molecule has 0 saturated heterocycles. The van der Waals surface area contributed by atoms with Gasteiger partial charge in [-0.3, -0.25) is 25.3 Å². The Morgan fingerprint density at radius 3 is 2.03 bits per heavy atom. The molecule has 0 atom stereocenters. The van der Waals surface area contributed by atoms with Crippen molar-refractivity contribution in [1.82, 2.24) is 26.4 Å². The van der Waals surface area contributed by atoms with E-state index < -0.39 is 0 Å². The number of hydrazone groups is 2. The maximum absolute atomic E-state index is 11.4. The first-order valence-electron chi connectivity index (χ1n) is 9.14. The standard InChI is InChI=1S/C17H27N7O4S2/c1-12(20-22-16(29)18-3)13(2)21-23-17(30)19-6-8-27-10-11-28-9-7-24-14(25)4-5-15(24)26/h4-5H,6-11H2,1-3H3,(H2,18,22,29)(H2,19,23,30). The highest BCUT2D eigenvalue weighted by molar-refractivity contribution is 7.80. The molecular formula is C17H27N7O4S2. The maximum atomic E-state index is 11.4. The van der Waals surface area contributed by atoms with E-state index in [1.165, 1.54) is 12.2 Å². The molecule has 1 aliphatic rings. The van der Waals surface area contributed by atoms with Gasteiger partial charge in [0.15, 0.2) is 10.2 Å². The van der Waals surface area contributed by atoms with Crippen molar-refractivity contribution in [1.29, 1.82) is 0 Å². The van der Waals surface area contributed by atoms with Gasteiger partial charge in [0.1, 0.15) is 0 Å². The van der Waals surface area contributed by atoms with Gasteiger partial charge in [0.25, 0.3) is 11.8 Å². The third-order valence-corrected chi connectivity index (χ3v) is 4.20. The number of thiocarbonyl (C=S) groups is 2. The van der Waals surface area contributed by atoms with E-state index in [0.717, 1.165) is 4.90 Å². The van der Waals surface area contributed by atoms with Crippen LogP contribution in [0.1, 0.15) is 13.8 Å². The minimum atomic E-state index is -0.313. The molecule has 0 saturated carbocycles. The summed E-state index contributed by atoms with van der Waals surface area (Å²) in [5.41, 5.74) is 6.70. The Morgan fingerprint density at radius 1 is 0.933 bits per heavy atom. The zero-order chi connectivity index (χ0) is 22.4. The van der Waals surface area contributed by atoms with E-state index in [2.05, 4.69) is 31.7 Å². The average molecular weight is 458 g/mol. The number of ether oxygens (including phenoxy) is 2. The number of rotatable bonds is 12. The predicted molar refractivity (Wildman–Crippen MR) is 122 cm³/mol. The van der Waals surface area contributed by atoms with Crippen molar-refractivity contribution in [2.45, 2.75) is 13.8 Å². The van der Waals surface area contributed by atoms with Crippen LogP contribution in [0.2, 0.25) is 0 Å². The van der Waals surface area contributed by atoms with Crippen LogP contribution in [-0.4, -0.2) is 84.9 Å². The number of hydrogen-bond donors (Lipinski definition) is 4. The van der Waals surface area contributed by atoms with Crippen LogP contribution >= 0.6 is 24.4 Å². The molecule has 0 spiro atoms. The molecule has 0 aliphatic carbocycles. The average Bonchev–Trinajstić information content (AvgIpc) is 3.06. The normalized spacial score (nSPS) is 14.2. The van der Waals surface area contributed by atoms with Crippen LogP contribution in [-0.2, 0) is 19.1 Å². The molecule has 4 N–H and O–H groups in total. The van der Waals surface area contributed by atoms with Gasteiger partial charge in [-0.25, -0.2) is 0 Å². The van der Waals surface area contributed by atoms with Gasteiger partial charge in [-0.15, -0.1) is 0 Å². The van der Waals surface area contributed by atoms with Crippen molar-refractivity contribution in [2.24, 2.45) is 10.2 Å². The first-order valence-corrected chi connectivity index (χ1v) is 9.96. The minimum absolute atomic E-state index is 0.231. The summed E-state index contributed by atoms with van der Waals surface area (Å²) in [4.78, 5) is 23.8. The first kappa shape index (κ1) is 25.6. The van der Waals surface area contributed by atoms with Crippen molar-refractivity contribution < 1.29 is 19.1 Å². The second-order valence-corrected chi connectivity index (χ2v) is 6.66. The fourth-order valence-corrected chi connectivity index (χ4v) is 2.09. The van der Waals surface area contributed by atoms with Gasteiger partial charge < -0.3 is 20.1 Å². The molecule has 166 valence electrons. The van der Waals surface area contributed by atoms with E-state index in [4.69, 9.17) is 33.9 Å². The van der Waals surface area contributed by atoms with Crippen LogP contribution in [0.15, 0.2) is 22.4 Å². The molecule has 0 aromatic carbocycles. The highest BCUT2D eigenvalue weighted by Crippen LogP contribution is 2.02. The molecule has 0 radical (unpaired) electrons. The maximum Gasteiger partial charge on any atom is 0.253 e. The molecule has 0 aromatic rings. The summed E-state index contributed by atoms with van der Waals surface area (Å²) in [7, 11) is 1.70. The van der Waals surface area contributed by atoms with E-state index in [0.29, 0.717) is 48.0 Å². The number of carbonyl (C=O) groups is 2. The lowest BCUT2D eigenvalue weighted by Crippen LogP contribution is -2.35. The van der Waals surface area contributed by atoms with Crippen LogP contribution in [0.4, 0.5) is 0 Å². The Bertz CT molecular complexity index is 707. The summed E-state index contributed by atoms with van der Waals surface area (Å²) in [5, 5.41) is 14.7. The van der Waals surface area contributed by atoms with E-state index in [-0.39, 0.29) is 25.0 Å². The second-order valence-electron chi connectivity index (χ2n) is 5.84. The Morgan fingerprint density at radius 2 is 1.47 bits per heavy atom. The topological polar surface area (TPSA) is 129 Å². The molecule has 1 aliphatic heterocycles. The number of amides is 2. The molecule has 2 amide bonds. The fourth-order valence-electron chi connectivity index (χ4n) is 1.89. The summed E-state index contributed by atoms with van der Waals surface area (Å²) in [5.74, 6) is -0.626. The van der Waals surface area contributed by atoms with Gasteiger partial charge in [0.2, 0.25) is 0 Å². The summed E-state index contributed by atoms with van der Waals surface area (Å²) >= 11 is 10.1. The Balaban J connectivity index is 2.04. The zero-order valence-electron chi connectivity index (χ0n) is 17.2. The van der Waals surface area contributed by atoms with Gasteiger partial charge >= 0.3 is 0 Å². The lowest BCUT2D eigenvalue weighted by molar-refractivity contribution is -0.137. The molecule has 0 unspecified atom stereocenters. The Kier molecular flexibility index (Phi) is 12.3. The summed E-state index contributed by atoms with van der Waals surface area (Å²) < 4.78 is 10.8. The van der Waals surface area contributed by atoms with Crippen molar-refractivity contribution in [3.8, 4) is 0 Å². The summed E-state index contributed by atoms with van der Waals surface area (Å²) in [6.45, 7) is 5.74. The van der Waals surface area contributed by atoms with E-state index in [1.807, 2.05) is 0 Å². The Hall–Kier alpha value is -2.48. The lowest BCUT2D eigenvalue weighted by Gasteiger charge is -2.13. The van der Waals surface area contributed by atoms with Crippen LogP contribution < -0.4 is 21.5 Å². The Labute approximate surface area is 186 Å². The summed E-state index contributed by atoms with van der Waals surface area (Å²) in [6, 6.07) is 0. The van der Waals surface area contributed by atoms with Crippen molar-refractivity contribution in [3.63, 3.8) is 0 Å². The lowest BCUT2D eigenvalue weighted by atomic mass is 10.3. The van der Waals surface area contributed by atoms with E-state index >= 15 is 0 Å². The van der Waals surface area contributed by atoms with E-state index in [1.54, 1.807) is 20.9 Å². The number of nitrogens with one attached hydrogen (secondary N) is 4. The zero-order valence-corrected chi connectivity index (χ0v) is 18.8. The molecule has 1 heterocycles. The van der Waals surface area contributed by atoms with Crippen LogP contribution in [0.3, 0.4) is 0 Å². The quantitative estimate of drug-likeness (QED) is 0.0977. The van der Waals surface area contributed by atoms with Crippen LogP contribution in [0.25, 0.3) is 0 Å². The summed E-state index contributed by atoms with van der Waals surface area (Å²) in [6.07, 6.45) is 2.49. The van der Waals surface area contributed by atoms with Gasteiger partial charge in [0.05, 0.1) is 44.4 Å². The van der Waals surface area contributed by atoms with Crippen LogP contribution in [0.5, 0.6) is 0 Å². The monoisotopic (exact) mass is 457 g/mol. The third kappa shape index (κ3) is 10.3. The van der Waals surface area contributed by atoms with Crippen molar-refractivity contribution >= 4 is 57.9 Å². The van der Waals surface area contributed by atoms with Gasteiger partial charge in [-0.05, 0) is 38.3 Å². The van der Waals surface area contributed by atoms with Gasteiger partial charge in [-0.2, -0.15) is 10.2 Å². The molecule has 0 bridgehead atoms. The molecule has 11 nitrogen and oxygen atoms in total. The first-order chi connectivity index (χ1) is 14.3. The molecule has 13 heteroatoms. The number of nitrogens with zero attached hydrogens (tertiary/aromatic N) is 3. The SMILES string of the molecule is CNC(=S)NN=C(C)C(C)=NNC(=S)NCCOCCOCCN1C(=O)C=CC1=O. The second kappa shape index (κ2) is 14.5. The third-order valence-electron chi connectivity index (χ3n) is 3.66.